The van der Waals surface area contributed by atoms with Gasteiger partial charge in [-0.3, -0.25) is 14.6 Å². The van der Waals surface area contributed by atoms with E-state index < -0.39 is 11.6 Å². The summed E-state index contributed by atoms with van der Waals surface area (Å²) in [7, 11) is 4.13. The molecular formula is C69H80F2N12O7. The summed E-state index contributed by atoms with van der Waals surface area (Å²) in [6.07, 6.45) is 17.9. The summed E-state index contributed by atoms with van der Waals surface area (Å²) < 4.78 is 48.8. The Morgan fingerprint density at radius 1 is 0.611 bits per heavy atom. The number of nitrogen functional groups attached to an aromatic ring is 2. The lowest BCUT2D eigenvalue weighted by Gasteiger charge is -2.35. The number of nitrogens with two attached hydrogens (primary N) is 2. The van der Waals surface area contributed by atoms with Crippen LogP contribution in [0.25, 0.3) is 44.3 Å². The second-order valence-corrected chi connectivity index (χ2v) is 24.5. The lowest BCUT2D eigenvalue weighted by molar-refractivity contribution is -0.131. The molecule has 8 aromatic rings. The summed E-state index contributed by atoms with van der Waals surface area (Å²) in [5.74, 6) is 1.34. The summed E-state index contributed by atoms with van der Waals surface area (Å²) in [5, 5.41) is 9.85. The van der Waals surface area contributed by atoms with Crippen LogP contribution in [-0.4, -0.2) is 143 Å². The molecule has 0 radical (unpaired) electrons. The number of amides is 2. The van der Waals surface area contributed by atoms with Gasteiger partial charge in [0.25, 0.3) is 0 Å². The standard InChI is InChI=1S/C32H35FN6O2.C29H32FN5O3.C8H13NO2/c1-21-29(22-10-14-26(15-11-22)41-27-8-3-6-23(33)18-27)30-31(34)35-20-36-32(30)39(21)25-7-4-17-38(19-25)28(40)9-5-16-37(2)24-12-13-24;1-18-24(19-10-12-22(13-11-19)37-23-9-5-7-20(30)15-23)25-26(31)32-17-33-27(25)35(18)21-8-6-14-34(16-21)28(36)38-29(2,3)4;1-9(7-4-5-7)6-2-3-8(10)11/h3,5-6,8-11,14-15,18,20,24-25H,4,7,12-13,16-17,19H2,1-2H3,(H2,34,35,36);5,7,9-13,15,17,21H,6,8,14,16H2,1-4H3,(H2,31,32,33);2-3,7H,4-6H2,1H3,(H,10,11)/b9-5+;;3-2+. The zero-order valence-electron chi connectivity index (χ0n) is 52.2. The predicted octanol–water partition coefficient (Wildman–Crippen LogP) is 12.9. The summed E-state index contributed by atoms with van der Waals surface area (Å²) in [6.45, 7) is 13.8. The average molecular weight is 1230 g/mol. The fraction of sp³-hybridized carbons (Fsp3) is 0.377. The summed E-state index contributed by atoms with van der Waals surface area (Å²) in [4.78, 5) is 62.0. The molecule has 2 amide bonds. The number of likely N-dealkylation sites (N-methyl/N-ethyl adjacent to an activating group) is 2. The first-order valence-corrected chi connectivity index (χ1v) is 30.7. The second-order valence-electron chi connectivity index (χ2n) is 24.5. The Hall–Kier alpha value is -9.21. The first kappa shape index (κ1) is 63.8. The molecule has 12 rings (SSSR count). The number of benzene rings is 4. The zero-order valence-corrected chi connectivity index (χ0v) is 52.2. The molecule has 19 nitrogen and oxygen atoms in total. The van der Waals surface area contributed by atoms with Gasteiger partial charge in [-0.1, -0.05) is 48.6 Å². The maximum Gasteiger partial charge on any atom is 0.410 e. The highest BCUT2D eigenvalue weighted by Gasteiger charge is 2.33. The van der Waals surface area contributed by atoms with Crippen molar-refractivity contribution in [3.8, 4) is 45.3 Å². The van der Waals surface area contributed by atoms with Gasteiger partial charge >= 0.3 is 12.1 Å². The van der Waals surface area contributed by atoms with E-state index in [1.807, 2.05) is 94.2 Å². The van der Waals surface area contributed by atoms with Crippen LogP contribution >= 0.6 is 0 Å². The van der Waals surface area contributed by atoms with Crippen molar-refractivity contribution in [2.45, 2.75) is 116 Å². The van der Waals surface area contributed by atoms with Gasteiger partial charge in [0.1, 0.15) is 75.8 Å². The van der Waals surface area contributed by atoms with Gasteiger partial charge in [0.2, 0.25) is 5.91 Å². The van der Waals surface area contributed by atoms with Crippen molar-refractivity contribution < 1.29 is 42.5 Å². The van der Waals surface area contributed by atoms with Gasteiger partial charge in [-0.05, 0) is 160 Å². The third-order valence-electron chi connectivity index (χ3n) is 16.6. The highest BCUT2D eigenvalue weighted by atomic mass is 19.1. The number of carbonyl (C=O) groups excluding carboxylic acids is 2. The number of aliphatic carboxylic acids is 1. The minimum absolute atomic E-state index is 0.0115. The molecule has 2 saturated heterocycles. The van der Waals surface area contributed by atoms with Crippen LogP contribution in [0.1, 0.15) is 95.6 Å². The van der Waals surface area contributed by atoms with Gasteiger partial charge in [-0.2, -0.15) is 0 Å². The van der Waals surface area contributed by atoms with E-state index in [-0.39, 0.29) is 35.7 Å². The SMILES string of the molecule is CN(C/C=C/C(=O)O)C1CC1.Cc1c(-c2ccc(Oc3cccc(F)c3)cc2)c2c(N)ncnc2n1C1CCCN(C(=O)/C=C/CN(C)C2CC2)C1.Cc1c(-c2ccc(Oc3cccc(F)c3)cc2)c2c(N)ncnc2n1C1CCCN(C(=O)OC(C)(C)C)C1. The lowest BCUT2D eigenvalue weighted by Crippen LogP contribution is -2.43. The Bertz CT molecular complexity index is 3910. The van der Waals surface area contributed by atoms with Crippen LogP contribution in [0.15, 0.2) is 134 Å². The van der Waals surface area contributed by atoms with E-state index in [9.17, 15) is 23.2 Å². The number of carbonyl (C=O) groups is 3. The molecule has 6 heterocycles. The number of anilines is 2. The largest absolute Gasteiger partial charge is 0.478 e. The molecule has 0 spiro atoms. The monoisotopic (exact) mass is 1230 g/mol. The van der Waals surface area contributed by atoms with Crippen molar-refractivity contribution in [1.29, 1.82) is 0 Å². The Morgan fingerprint density at radius 3 is 1.47 bits per heavy atom. The maximum absolute atomic E-state index is 13.6. The molecule has 4 aromatic carbocycles. The molecule has 4 aromatic heterocycles. The molecule has 2 saturated carbocycles. The number of fused-ring (bicyclic) bond motifs is 2. The molecule has 2 unspecified atom stereocenters. The van der Waals surface area contributed by atoms with Crippen molar-refractivity contribution in [2.75, 3.05) is 64.8 Å². The average Bonchev–Trinajstić information content (AvgIpc) is 1.63. The van der Waals surface area contributed by atoms with Crippen LogP contribution in [-0.2, 0) is 14.3 Å². The predicted molar refractivity (Wildman–Crippen MR) is 345 cm³/mol. The number of piperidine rings is 2. The maximum atomic E-state index is 13.6. The molecule has 4 aliphatic rings. The van der Waals surface area contributed by atoms with Crippen LogP contribution in [0.2, 0.25) is 0 Å². The van der Waals surface area contributed by atoms with Crippen molar-refractivity contribution in [3.63, 3.8) is 0 Å². The van der Waals surface area contributed by atoms with E-state index in [0.29, 0.717) is 66.4 Å². The first-order valence-electron chi connectivity index (χ1n) is 30.7. The smallest absolute Gasteiger partial charge is 0.410 e. The number of likely N-dealkylation sites (tertiary alicyclic amines) is 2. The van der Waals surface area contributed by atoms with Crippen molar-refractivity contribution in [2.24, 2.45) is 0 Å². The van der Waals surface area contributed by atoms with Gasteiger partial charge in [-0.25, -0.2) is 38.3 Å². The van der Waals surface area contributed by atoms with Gasteiger partial charge in [0.15, 0.2) is 0 Å². The normalized spacial score (nSPS) is 17.0. The molecule has 0 bridgehead atoms. The molecule has 5 N–H and O–H groups in total. The number of rotatable bonds is 16. The molecule has 90 heavy (non-hydrogen) atoms. The highest BCUT2D eigenvalue weighted by molar-refractivity contribution is 6.03. The van der Waals surface area contributed by atoms with E-state index in [1.165, 1.54) is 68.7 Å². The molecule has 21 heteroatoms. The quantitative estimate of drug-likeness (QED) is 0.0765. The Kier molecular flexibility index (Phi) is 19.9. The van der Waals surface area contributed by atoms with Crippen LogP contribution in [0.3, 0.4) is 0 Å². The molecule has 2 aliphatic carbocycles. The number of aromatic nitrogens is 6. The molecule has 2 atom stereocenters. The van der Waals surface area contributed by atoms with Crippen LogP contribution < -0.4 is 20.9 Å². The summed E-state index contributed by atoms with van der Waals surface area (Å²) >= 11 is 0. The van der Waals surface area contributed by atoms with E-state index in [2.05, 4.69) is 52.8 Å². The number of nitrogens with zero attached hydrogens (tertiary/aromatic N) is 10. The van der Waals surface area contributed by atoms with Gasteiger partial charge < -0.3 is 49.7 Å². The van der Waals surface area contributed by atoms with Crippen molar-refractivity contribution in [1.82, 2.24) is 48.7 Å². The third kappa shape index (κ3) is 15.8. The summed E-state index contributed by atoms with van der Waals surface area (Å²) in [5.41, 5.74) is 19.6. The van der Waals surface area contributed by atoms with E-state index >= 15 is 0 Å². The Balaban J connectivity index is 0.000000170. The number of carboxylic acids is 1. The molecule has 4 fully saturated rings. The number of hydrogen-bond acceptors (Lipinski definition) is 14. The lowest BCUT2D eigenvalue weighted by atomic mass is 10.0. The van der Waals surface area contributed by atoms with E-state index in [0.717, 1.165) is 101 Å². The van der Waals surface area contributed by atoms with Crippen LogP contribution in [0.4, 0.5) is 25.2 Å². The highest BCUT2D eigenvalue weighted by Crippen LogP contribution is 2.43. The van der Waals surface area contributed by atoms with E-state index in [4.69, 9.17) is 30.8 Å². The Morgan fingerprint density at radius 2 is 1.04 bits per heavy atom. The van der Waals surface area contributed by atoms with Gasteiger partial charge in [0.05, 0.1) is 22.9 Å². The van der Waals surface area contributed by atoms with Gasteiger partial charge in [0, 0.05) is 98.2 Å². The number of hydrogen-bond donors (Lipinski definition) is 3. The van der Waals surface area contributed by atoms with Gasteiger partial charge in [-0.15, -0.1) is 0 Å². The number of carboxylic acid groups (broad SMARTS) is 1. The Labute approximate surface area is 523 Å². The fourth-order valence-electron chi connectivity index (χ4n) is 12.0. The van der Waals surface area contributed by atoms with Crippen LogP contribution in [0, 0.1) is 25.5 Å². The van der Waals surface area contributed by atoms with Crippen molar-refractivity contribution >= 4 is 51.7 Å². The minimum atomic E-state index is -0.866. The topological polar surface area (TPSA) is 226 Å². The third-order valence-corrected chi connectivity index (χ3v) is 16.6. The molecule has 2 aliphatic heterocycles. The number of halogens is 2. The zero-order chi connectivity index (χ0) is 63.8. The van der Waals surface area contributed by atoms with Crippen LogP contribution in [0.5, 0.6) is 23.0 Å². The van der Waals surface area contributed by atoms with Crippen molar-refractivity contribution in [3.05, 3.63) is 157 Å². The van der Waals surface area contributed by atoms with E-state index in [1.54, 1.807) is 41.3 Å². The number of ether oxygens (including phenoxy) is 3. The fourth-order valence-corrected chi connectivity index (χ4v) is 12.0. The second kappa shape index (κ2) is 28.1. The summed E-state index contributed by atoms with van der Waals surface area (Å²) in [6, 6.07) is 28.8. The first-order chi connectivity index (χ1) is 43.2. The minimum Gasteiger partial charge on any atom is -0.478 e. The molecular weight excluding hydrogens is 1150 g/mol. The molecule has 472 valence electrons.